The van der Waals surface area contributed by atoms with E-state index in [9.17, 15) is 4.79 Å². The van der Waals surface area contributed by atoms with E-state index in [4.69, 9.17) is 0 Å². The normalized spacial score (nSPS) is 16.6. The molecule has 4 aromatic heterocycles. The van der Waals surface area contributed by atoms with Gasteiger partial charge in [-0.25, -0.2) is 9.97 Å². The van der Waals surface area contributed by atoms with Crippen LogP contribution >= 0.6 is 0 Å². The molecule has 4 aromatic rings. The van der Waals surface area contributed by atoms with Crippen molar-refractivity contribution in [1.29, 1.82) is 0 Å². The van der Waals surface area contributed by atoms with Crippen molar-refractivity contribution < 1.29 is 4.79 Å². The average molecular weight is 454 g/mol. The van der Waals surface area contributed by atoms with E-state index in [0.717, 1.165) is 23.2 Å². The molecule has 0 aliphatic heterocycles. The quantitative estimate of drug-likeness (QED) is 0.441. The van der Waals surface area contributed by atoms with Crippen LogP contribution in [0.2, 0.25) is 0 Å². The molecule has 0 spiro atoms. The van der Waals surface area contributed by atoms with Gasteiger partial charge >= 0.3 is 0 Å². The molecule has 0 saturated heterocycles. The molecule has 2 atom stereocenters. The second-order valence-corrected chi connectivity index (χ2v) is 8.41. The highest BCUT2D eigenvalue weighted by Gasteiger charge is 2.39. The molecule has 1 fully saturated rings. The maximum Gasteiger partial charge on any atom is 0.228 e. The van der Waals surface area contributed by atoms with Crippen LogP contribution in [0.4, 0.5) is 11.6 Å². The SMILES string of the molecule is CNc1ncc(C#Cc2ccc(Cc3nncn3C)cn2)c2cc(NC(=O)[C@H]3C[C@H]3C)nnc12. The Bertz CT molecular complexity index is 1430. The van der Waals surface area contributed by atoms with Crippen molar-refractivity contribution in [3.8, 4) is 11.8 Å². The van der Waals surface area contributed by atoms with Gasteiger partial charge in [0, 0.05) is 44.2 Å². The Labute approximate surface area is 196 Å². The predicted octanol–water partition coefficient (Wildman–Crippen LogP) is 2.18. The van der Waals surface area contributed by atoms with Gasteiger partial charge in [0.15, 0.2) is 11.6 Å². The van der Waals surface area contributed by atoms with Crippen LogP contribution < -0.4 is 10.6 Å². The molecular formula is C24H23N9O. The molecule has 0 aromatic carbocycles. The van der Waals surface area contributed by atoms with E-state index < -0.39 is 0 Å². The Morgan fingerprint density at radius 3 is 2.71 bits per heavy atom. The molecule has 4 heterocycles. The first-order chi connectivity index (χ1) is 16.5. The monoisotopic (exact) mass is 453 g/mol. The van der Waals surface area contributed by atoms with Crippen molar-refractivity contribution >= 4 is 28.4 Å². The first-order valence-electron chi connectivity index (χ1n) is 11.0. The lowest BCUT2D eigenvalue weighted by atomic mass is 10.1. The van der Waals surface area contributed by atoms with Gasteiger partial charge < -0.3 is 15.2 Å². The minimum absolute atomic E-state index is 0.0257. The van der Waals surface area contributed by atoms with E-state index in [1.54, 1.807) is 31.8 Å². The Kier molecular flexibility index (Phi) is 5.59. The number of carbonyl (C=O) groups excluding carboxylic acids is 1. The van der Waals surface area contributed by atoms with E-state index in [2.05, 4.69) is 59.8 Å². The number of nitrogens with one attached hydrogen (secondary N) is 2. The summed E-state index contributed by atoms with van der Waals surface area (Å²) in [6, 6.07) is 5.64. The lowest BCUT2D eigenvalue weighted by molar-refractivity contribution is -0.117. The molecule has 0 radical (unpaired) electrons. The van der Waals surface area contributed by atoms with Gasteiger partial charge in [-0.3, -0.25) is 4.79 Å². The number of aromatic nitrogens is 7. The number of anilines is 2. The van der Waals surface area contributed by atoms with Crippen LogP contribution in [-0.4, -0.2) is 47.9 Å². The molecular weight excluding hydrogens is 430 g/mol. The number of hydrogen-bond donors (Lipinski definition) is 2. The zero-order chi connectivity index (χ0) is 23.7. The number of nitrogens with zero attached hydrogens (tertiary/aromatic N) is 7. The third kappa shape index (κ3) is 4.41. The molecule has 2 N–H and O–H groups in total. The van der Waals surface area contributed by atoms with E-state index in [0.29, 0.717) is 40.7 Å². The Balaban J connectivity index is 1.41. The average Bonchev–Trinajstić information content (AvgIpc) is 3.46. The number of hydrogen-bond acceptors (Lipinski definition) is 8. The molecule has 1 aliphatic carbocycles. The Hall–Kier alpha value is -4.39. The number of aryl methyl sites for hydroxylation is 1. The fourth-order valence-electron chi connectivity index (χ4n) is 3.67. The summed E-state index contributed by atoms with van der Waals surface area (Å²) in [6.45, 7) is 2.06. The summed E-state index contributed by atoms with van der Waals surface area (Å²) in [7, 11) is 3.68. The van der Waals surface area contributed by atoms with Crippen LogP contribution in [0.5, 0.6) is 0 Å². The van der Waals surface area contributed by atoms with Gasteiger partial charge in [0.2, 0.25) is 5.91 Å². The maximum absolute atomic E-state index is 12.3. The third-order valence-electron chi connectivity index (χ3n) is 5.88. The largest absolute Gasteiger partial charge is 0.371 e. The van der Waals surface area contributed by atoms with E-state index >= 15 is 0 Å². The van der Waals surface area contributed by atoms with Crippen molar-refractivity contribution in [3.63, 3.8) is 0 Å². The molecule has 10 heteroatoms. The first kappa shape index (κ1) is 21.5. The number of amides is 1. The Morgan fingerprint density at radius 1 is 1.18 bits per heavy atom. The van der Waals surface area contributed by atoms with Gasteiger partial charge in [-0.05, 0) is 36.0 Å². The molecule has 10 nitrogen and oxygen atoms in total. The smallest absolute Gasteiger partial charge is 0.228 e. The number of carbonyl (C=O) groups is 1. The fourth-order valence-corrected chi connectivity index (χ4v) is 3.67. The van der Waals surface area contributed by atoms with Crippen molar-refractivity contribution in [2.75, 3.05) is 17.7 Å². The van der Waals surface area contributed by atoms with Crippen molar-refractivity contribution in [1.82, 2.24) is 34.9 Å². The van der Waals surface area contributed by atoms with Gasteiger partial charge in [-0.15, -0.1) is 20.4 Å². The fraction of sp³-hybridized carbons (Fsp3) is 0.292. The highest BCUT2D eigenvalue weighted by atomic mass is 16.2. The highest BCUT2D eigenvalue weighted by molar-refractivity contribution is 5.97. The molecule has 34 heavy (non-hydrogen) atoms. The second-order valence-electron chi connectivity index (χ2n) is 8.41. The lowest BCUT2D eigenvalue weighted by Crippen LogP contribution is -2.16. The van der Waals surface area contributed by atoms with Crippen LogP contribution in [0.1, 0.15) is 36.0 Å². The lowest BCUT2D eigenvalue weighted by Gasteiger charge is -2.08. The van der Waals surface area contributed by atoms with E-state index in [-0.39, 0.29) is 11.8 Å². The van der Waals surface area contributed by atoms with Crippen LogP contribution in [0.3, 0.4) is 0 Å². The topological polar surface area (TPSA) is 123 Å². The zero-order valence-corrected chi connectivity index (χ0v) is 19.1. The highest BCUT2D eigenvalue weighted by Crippen LogP contribution is 2.38. The first-order valence-corrected chi connectivity index (χ1v) is 11.0. The molecule has 1 aliphatic rings. The zero-order valence-electron chi connectivity index (χ0n) is 19.1. The van der Waals surface area contributed by atoms with E-state index in [1.807, 2.05) is 23.7 Å². The van der Waals surface area contributed by atoms with Crippen LogP contribution in [0, 0.1) is 23.7 Å². The molecule has 5 rings (SSSR count). The van der Waals surface area contributed by atoms with Crippen LogP contribution in [-0.2, 0) is 18.3 Å². The van der Waals surface area contributed by atoms with Gasteiger partial charge in [0.05, 0.1) is 5.56 Å². The predicted molar refractivity (Wildman–Crippen MR) is 127 cm³/mol. The van der Waals surface area contributed by atoms with Crippen LogP contribution in [0.25, 0.3) is 10.9 Å². The van der Waals surface area contributed by atoms with Crippen molar-refractivity contribution in [3.05, 3.63) is 59.6 Å². The van der Waals surface area contributed by atoms with Crippen molar-refractivity contribution in [2.24, 2.45) is 18.9 Å². The van der Waals surface area contributed by atoms with Gasteiger partial charge in [-0.2, -0.15) is 0 Å². The third-order valence-corrected chi connectivity index (χ3v) is 5.88. The maximum atomic E-state index is 12.3. The van der Waals surface area contributed by atoms with Gasteiger partial charge in [-0.1, -0.05) is 18.9 Å². The summed E-state index contributed by atoms with van der Waals surface area (Å²) >= 11 is 0. The summed E-state index contributed by atoms with van der Waals surface area (Å²) in [5.41, 5.74) is 2.90. The van der Waals surface area contributed by atoms with Crippen LogP contribution in [0.15, 0.2) is 36.9 Å². The van der Waals surface area contributed by atoms with Gasteiger partial charge in [0.25, 0.3) is 0 Å². The standard InChI is InChI=1S/C24H23N9O/c1-14-8-18(14)24(34)29-20-10-19-16(12-27-23(25-2)22(19)32-30-20)5-7-17-6-4-15(11-26-17)9-21-31-28-13-33(21)3/h4,6,10-14,18H,8-9H2,1-3H3,(H,25,27)(H,29,30,34)/t14-,18+/m1/s1. The summed E-state index contributed by atoms with van der Waals surface area (Å²) < 4.78 is 1.88. The van der Waals surface area contributed by atoms with Gasteiger partial charge in [0.1, 0.15) is 23.4 Å². The molecule has 170 valence electrons. The molecule has 1 saturated carbocycles. The Morgan fingerprint density at radius 2 is 2.03 bits per heavy atom. The molecule has 0 bridgehead atoms. The summed E-state index contributed by atoms with van der Waals surface area (Å²) in [4.78, 5) is 21.2. The minimum atomic E-state index is -0.0257. The summed E-state index contributed by atoms with van der Waals surface area (Å²) in [6.07, 6.45) is 6.69. The summed E-state index contributed by atoms with van der Waals surface area (Å²) in [5.74, 6) is 8.52. The number of pyridine rings is 2. The summed E-state index contributed by atoms with van der Waals surface area (Å²) in [5, 5.41) is 23.1. The second kappa shape index (κ2) is 8.86. The van der Waals surface area contributed by atoms with Crippen molar-refractivity contribution in [2.45, 2.75) is 19.8 Å². The number of fused-ring (bicyclic) bond motifs is 1. The molecule has 0 unspecified atom stereocenters. The van der Waals surface area contributed by atoms with E-state index in [1.165, 1.54) is 0 Å². The molecule has 1 amide bonds. The number of rotatable bonds is 5. The minimum Gasteiger partial charge on any atom is -0.371 e.